The average molecular weight is 287 g/mol. The van der Waals surface area contributed by atoms with E-state index >= 15 is 0 Å². The van der Waals surface area contributed by atoms with Gasteiger partial charge in [-0.2, -0.15) is 0 Å². The van der Waals surface area contributed by atoms with Gasteiger partial charge in [-0.3, -0.25) is 4.98 Å². The van der Waals surface area contributed by atoms with Crippen molar-refractivity contribution in [2.75, 3.05) is 0 Å². The molecular weight excluding hydrogens is 276 g/mol. The molecule has 0 atom stereocenters. The van der Waals surface area contributed by atoms with E-state index in [0.29, 0.717) is 17.1 Å². The van der Waals surface area contributed by atoms with Crippen LogP contribution in [0.5, 0.6) is 0 Å². The van der Waals surface area contributed by atoms with Gasteiger partial charge in [-0.05, 0) is 23.8 Å². The van der Waals surface area contributed by atoms with Crippen molar-refractivity contribution in [1.82, 2.24) is 9.55 Å². The highest BCUT2D eigenvalue weighted by Crippen LogP contribution is 2.21. The third-order valence-corrected chi connectivity index (χ3v) is 3.42. The number of aromatic nitrogens is 2. The summed E-state index contributed by atoms with van der Waals surface area (Å²) in [5, 5.41) is 10.8. The van der Waals surface area contributed by atoms with Crippen molar-refractivity contribution < 1.29 is 9.90 Å². The van der Waals surface area contributed by atoms with Gasteiger partial charge in [-0.25, -0.2) is 4.79 Å². The maximum atomic E-state index is 11.3. The van der Waals surface area contributed by atoms with Gasteiger partial charge in [0.2, 0.25) is 0 Å². The Hall–Kier alpha value is -2.33. The highest BCUT2D eigenvalue weighted by Gasteiger charge is 2.13. The lowest BCUT2D eigenvalue weighted by molar-refractivity contribution is 0.0698. The Kier molecular flexibility index (Phi) is 3.16. The molecule has 1 aromatic carbocycles. The Bertz CT molecular complexity index is 778. The van der Waals surface area contributed by atoms with Crippen LogP contribution in [-0.2, 0) is 6.54 Å². The van der Waals surface area contributed by atoms with Gasteiger partial charge in [0, 0.05) is 35.5 Å². The van der Waals surface area contributed by atoms with Crippen LogP contribution in [0.4, 0.5) is 0 Å². The summed E-state index contributed by atoms with van der Waals surface area (Å²) in [6, 6.07) is 9.36. The Morgan fingerprint density at radius 3 is 2.65 bits per heavy atom. The molecule has 2 aromatic heterocycles. The summed E-state index contributed by atoms with van der Waals surface area (Å²) in [4.78, 5) is 15.2. The topological polar surface area (TPSA) is 55.1 Å². The number of carbonyl (C=O) groups is 1. The predicted molar refractivity (Wildman–Crippen MR) is 77.2 cm³/mol. The molecule has 4 nitrogen and oxygen atoms in total. The van der Waals surface area contributed by atoms with Crippen molar-refractivity contribution in [2.45, 2.75) is 6.54 Å². The molecule has 0 spiro atoms. The van der Waals surface area contributed by atoms with Gasteiger partial charge in [0.1, 0.15) is 5.56 Å². The molecule has 3 rings (SSSR count). The Morgan fingerprint density at radius 2 is 1.95 bits per heavy atom. The molecule has 100 valence electrons. The van der Waals surface area contributed by atoms with Crippen LogP contribution < -0.4 is 0 Å². The first-order valence-corrected chi connectivity index (χ1v) is 6.43. The first kappa shape index (κ1) is 12.7. The fraction of sp³-hybridized carbons (Fsp3) is 0.0667. The zero-order chi connectivity index (χ0) is 14.1. The number of halogens is 1. The van der Waals surface area contributed by atoms with E-state index in [1.54, 1.807) is 6.20 Å². The number of fused-ring (bicyclic) bond motifs is 1. The lowest BCUT2D eigenvalue weighted by Crippen LogP contribution is -2.04. The second-order valence-electron chi connectivity index (χ2n) is 4.50. The van der Waals surface area contributed by atoms with E-state index in [4.69, 9.17) is 11.6 Å². The molecule has 1 N–H and O–H groups in total. The number of hydrogen-bond donors (Lipinski definition) is 1. The van der Waals surface area contributed by atoms with Gasteiger partial charge in [0.05, 0.1) is 5.52 Å². The fourth-order valence-corrected chi connectivity index (χ4v) is 2.36. The van der Waals surface area contributed by atoms with Gasteiger partial charge in [0.15, 0.2) is 0 Å². The molecule has 0 amide bonds. The quantitative estimate of drug-likeness (QED) is 0.802. The molecular formula is C15H11ClN2O2. The van der Waals surface area contributed by atoms with E-state index in [9.17, 15) is 9.90 Å². The Balaban J connectivity index is 2.07. The van der Waals surface area contributed by atoms with Crippen molar-refractivity contribution in [1.29, 1.82) is 0 Å². The first-order valence-electron chi connectivity index (χ1n) is 6.06. The van der Waals surface area contributed by atoms with E-state index in [1.165, 1.54) is 6.20 Å². The summed E-state index contributed by atoms with van der Waals surface area (Å²) in [6.07, 6.45) is 4.91. The summed E-state index contributed by atoms with van der Waals surface area (Å²) in [5.41, 5.74) is 1.95. The third kappa shape index (κ3) is 2.26. The summed E-state index contributed by atoms with van der Waals surface area (Å²) < 4.78 is 1.91. The lowest BCUT2D eigenvalue weighted by atomic mass is 10.2. The van der Waals surface area contributed by atoms with Crippen molar-refractivity contribution >= 4 is 28.5 Å². The molecule has 0 radical (unpaired) electrons. The summed E-state index contributed by atoms with van der Waals surface area (Å²) >= 11 is 5.86. The van der Waals surface area contributed by atoms with Crippen molar-refractivity contribution in [3.8, 4) is 0 Å². The largest absolute Gasteiger partial charge is 0.478 e. The number of pyridine rings is 1. The SMILES string of the molecule is O=C(O)c1cncc2ccn(Cc3ccc(Cl)cc3)c12. The molecule has 0 saturated heterocycles. The van der Waals surface area contributed by atoms with Crippen LogP contribution in [0.1, 0.15) is 15.9 Å². The zero-order valence-electron chi connectivity index (χ0n) is 10.5. The smallest absolute Gasteiger partial charge is 0.339 e. The zero-order valence-corrected chi connectivity index (χ0v) is 11.2. The number of carboxylic acid groups (broad SMARTS) is 1. The molecule has 0 unspecified atom stereocenters. The maximum Gasteiger partial charge on any atom is 0.339 e. The van der Waals surface area contributed by atoms with Gasteiger partial charge >= 0.3 is 5.97 Å². The molecule has 3 aromatic rings. The van der Waals surface area contributed by atoms with Crippen LogP contribution in [0.15, 0.2) is 48.9 Å². The van der Waals surface area contributed by atoms with Crippen LogP contribution in [-0.4, -0.2) is 20.6 Å². The fourth-order valence-electron chi connectivity index (χ4n) is 2.23. The molecule has 0 saturated carbocycles. The van der Waals surface area contributed by atoms with E-state index in [2.05, 4.69) is 4.98 Å². The van der Waals surface area contributed by atoms with E-state index in [-0.39, 0.29) is 5.56 Å². The van der Waals surface area contributed by atoms with Gasteiger partial charge in [-0.1, -0.05) is 23.7 Å². The molecule has 0 bridgehead atoms. The summed E-state index contributed by atoms with van der Waals surface area (Å²) in [6.45, 7) is 0.588. The van der Waals surface area contributed by atoms with Crippen molar-refractivity contribution in [2.24, 2.45) is 0 Å². The second kappa shape index (κ2) is 4.98. The number of aromatic carboxylic acids is 1. The van der Waals surface area contributed by atoms with Crippen molar-refractivity contribution in [3.05, 3.63) is 65.1 Å². The van der Waals surface area contributed by atoms with Crippen LogP contribution in [0, 0.1) is 0 Å². The van der Waals surface area contributed by atoms with E-state index < -0.39 is 5.97 Å². The van der Waals surface area contributed by atoms with Crippen LogP contribution in [0.2, 0.25) is 5.02 Å². The Morgan fingerprint density at radius 1 is 1.20 bits per heavy atom. The molecule has 5 heteroatoms. The van der Waals surface area contributed by atoms with Gasteiger partial charge < -0.3 is 9.67 Å². The minimum atomic E-state index is -0.973. The standard InChI is InChI=1S/C15H11ClN2O2/c16-12-3-1-10(2-4-12)9-18-6-5-11-7-17-8-13(14(11)18)15(19)20/h1-8H,9H2,(H,19,20). The minimum absolute atomic E-state index is 0.210. The summed E-state index contributed by atoms with van der Waals surface area (Å²) in [7, 11) is 0. The highest BCUT2D eigenvalue weighted by atomic mass is 35.5. The van der Waals surface area contributed by atoms with E-state index in [0.717, 1.165) is 10.9 Å². The van der Waals surface area contributed by atoms with Crippen LogP contribution in [0.3, 0.4) is 0 Å². The highest BCUT2D eigenvalue weighted by molar-refractivity contribution is 6.30. The maximum absolute atomic E-state index is 11.3. The summed E-state index contributed by atoms with van der Waals surface area (Å²) in [5.74, 6) is -0.973. The minimum Gasteiger partial charge on any atom is -0.478 e. The van der Waals surface area contributed by atoms with E-state index in [1.807, 2.05) is 41.1 Å². The first-order chi connectivity index (χ1) is 9.65. The third-order valence-electron chi connectivity index (χ3n) is 3.16. The molecule has 0 fully saturated rings. The van der Waals surface area contributed by atoms with Crippen molar-refractivity contribution in [3.63, 3.8) is 0 Å². The molecule has 0 aliphatic rings. The normalized spacial score (nSPS) is 10.8. The molecule has 0 aliphatic heterocycles. The van der Waals surface area contributed by atoms with Gasteiger partial charge in [0.25, 0.3) is 0 Å². The lowest BCUT2D eigenvalue weighted by Gasteiger charge is -2.07. The average Bonchev–Trinajstić information content (AvgIpc) is 2.84. The number of rotatable bonds is 3. The van der Waals surface area contributed by atoms with Gasteiger partial charge in [-0.15, -0.1) is 0 Å². The molecule has 2 heterocycles. The number of carboxylic acids is 1. The monoisotopic (exact) mass is 286 g/mol. The second-order valence-corrected chi connectivity index (χ2v) is 4.94. The van der Waals surface area contributed by atoms with Crippen LogP contribution >= 0.6 is 11.6 Å². The predicted octanol–water partition coefficient (Wildman–Crippen LogP) is 3.44. The molecule has 0 aliphatic carbocycles. The Labute approximate surface area is 120 Å². The molecule has 20 heavy (non-hydrogen) atoms. The number of hydrogen-bond acceptors (Lipinski definition) is 2. The van der Waals surface area contributed by atoms with Crippen LogP contribution in [0.25, 0.3) is 10.9 Å². The number of benzene rings is 1. The number of nitrogens with zero attached hydrogens (tertiary/aromatic N) is 2.